The number of carbonyl (C=O) groups excluding carboxylic acids is 2. The molecule has 9 heteroatoms. The fourth-order valence-corrected chi connectivity index (χ4v) is 2.89. The molecule has 1 aromatic heterocycles. The summed E-state index contributed by atoms with van der Waals surface area (Å²) in [7, 11) is 3.25. The summed E-state index contributed by atoms with van der Waals surface area (Å²) in [5.74, 6) is 0.527. The number of allylic oxidation sites excluding steroid dienone is 1. The molecule has 0 radical (unpaired) electrons. The van der Waals surface area contributed by atoms with Crippen molar-refractivity contribution in [3.8, 4) is 17.1 Å². The van der Waals surface area contributed by atoms with Crippen molar-refractivity contribution in [2.45, 2.75) is 0 Å². The molecule has 0 aliphatic heterocycles. The second-order valence-corrected chi connectivity index (χ2v) is 7.36. The predicted molar refractivity (Wildman–Crippen MR) is 120 cm³/mol. The zero-order valence-corrected chi connectivity index (χ0v) is 18.0. The Balaban J connectivity index is 1.73. The number of nitro groups is 1. The van der Waals surface area contributed by atoms with E-state index in [1.165, 1.54) is 35.3 Å². The number of nitrogens with zero attached hydrogens (tertiary/aromatic N) is 2. The van der Waals surface area contributed by atoms with E-state index < -0.39 is 4.92 Å². The van der Waals surface area contributed by atoms with Gasteiger partial charge in [0.25, 0.3) is 11.6 Å². The van der Waals surface area contributed by atoms with E-state index in [0.717, 1.165) is 0 Å². The topological polar surface area (TPSA) is 103 Å². The summed E-state index contributed by atoms with van der Waals surface area (Å²) in [6.07, 6.45) is 2.79. The van der Waals surface area contributed by atoms with Crippen molar-refractivity contribution in [3.63, 3.8) is 0 Å². The predicted octanol–water partition coefficient (Wildman–Crippen LogP) is 4.87. The number of benzene rings is 2. The van der Waals surface area contributed by atoms with Crippen LogP contribution < -0.4 is 4.74 Å². The van der Waals surface area contributed by atoms with Crippen molar-refractivity contribution >= 4 is 35.1 Å². The van der Waals surface area contributed by atoms with E-state index in [9.17, 15) is 19.7 Å². The van der Waals surface area contributed by atoms with Gasteiger partial charge in [-0.3, -0.25) is 19.7 Å². The third-order valence-electron chi connectivity index (χ3n) is 4.43. The van der Waals surface area contributed by atoms with Gasteiger partial charge in [0.1, 0.15) is 17.3 Å². The van der Waals surface area contributed by atoms with Crippen LogP contribution >= 0.6 is 11.6 Å². The van der Waals surface area contributed by atoms with E-state index in [0.29, 0.717) is 17.1 Å². The van der Waals surface area contributed by atoms with Crippen LogP contribution in [0.25, 0.3) is 17.4 Å². The van der Waals surface area contributed by atoms with Gasteiger partial charge >= 0.3 is 0 Å². The Bertz CT molecular complexity index is 1200. The molecule has 1 heterocycles. The molecule has 3 aromatic rings. The maximum atomic E-state index is 12.5. The largest absolute Gasteiger partial charge is 0.484 e. The van der Waals surface area contributed by atoms with Crippen molar-refractivity contribution in [2.24, 2.45) is 0 Å². The SMILES string of the molecule is CN(C)C(=O)COc1cccc(C(=O)/C=C/c2ccc(-c3ccc(Cl)cc3[N+](=O)[O-])o2)c1. The molecule has 32 heavy (non-hydrogen) atoms. The molecule has 0 saturated carbocycles. The van der Waals surface area contributed by atoms with Gasteiger partial charge in [0.15, 0.2) is 12.4 Å². The molecule has 8 nitrogen and oxygen atoms in total. The molecule has 0 unspecified atom stereocenters. The number of nitro benzene ring substituents is 1. The second kappa shape index (κ2) is 9.93. The Hall–Kier alpha value is -3.91. The maximum absolute atomic E-state index is 12.5. The lowest BCUT2D eigenvalue weighted by molar-refractivity contribution is -0.384. The van der Waals surface area contributed by atoms with Crippen LogP contribution in [0.2, 0.25) is 5.02 Å². The molecule has 0 fully saturated rings. The third kappa shape index (κ3) is 5.61. The fourth-order valence-electron chi connectivity index (χ4n) is 2.72. The number of hydrogen-bond acceptors (Lipinski definition) is 6. The average Bonchev–Trinajstić information content (AvgIpc) is 3.24. The summed E-state index contributed by atoms with van der Waals surface area (Å²) in [6.45, 7) is -0.132. The van der Waals surface area contributed by atoms with Crippen LogP contribution in [0.15, 0.2) is 65.1 Å². The van der Waals surface area contributed by atoms with Gasteiger partial charge in [0.2, 0.25) is 0 Å². The highest BCUT2D eigenvalue weighted by Crippen LogP contribution is 2.33. The lowest BCUT2D eigenvalue weighted by Gasteiger charge is -2.11. The van der Waals surface area contributed by atoms with Gasteiger partial charge in [-0.05, 0) is 48.6 Å². The molecule has 3 rings (SSSR count). The van der Waals surface area contributed by atoms with Crippen LogP contribution in [-0.4, -0.2) is 42.2 Å². The normalized spacial score (nSPS) is 10.8. The highest BCUT2D eigenvalue weighted by Gasteiger charge is 2.18. The molecule has 0 N–H and O–H groups in total. The van der Waals surface area contributed by atoms with Gasteiger partial charge in [-0.15, -0.1) is 0 Å². The molecule has 0 bridgehead atoms. The van der Waals surface area contributed by atoms with Crippen molar-refractivity contribution in [1.82, 2.24) is 4.90 Å². The van der Waals surface area contributed by atoms with Gasteiger partial charge in [-0.1, -0.05) is 23.7 Å². The Labute approximate surface area is 188 Å². The summed E-state index contributed by atoms with van der Waals surface area (Å²) in [6, 6.07) is 13.9. The van der Waals surface area contributed by atoms with Crippen molar-refractivity contribution < 1.29 is 23.7 Å². The van der Waals surface area contributed by atoms with E-state index in [-0.39, 0.29) is 40.3 Å². The second-order valence-electron chi connectivity index (χ2n) is 6.92. The highest BCUT2D eigenvalue weighted by atomic mass is 35.5. The third-order valence-corrected chi connectivity index (χ3v) is 4.66. The number of rotatable bonds is 8. The molecule has 2 aromatic carbocycles. The average molecular weight is 455 g/mol. The Morgan fingerprint density at radius 2 is 1.94 bits per heavy atom. The Morgan fingerprint density at radius 3 is 2.66 bits per heavy atom. The number of carbonyl (C=O) groups is 2. The maximum Gasteiger partial charge on any atom is 0.281 e. The van der Waals surface area contributed by atoms with Crippen molar-refractivity contribution in [2.75, 3.05) is 20.7 Å². The summed E-state index contributed by atoms with van der Waals surface area (Å²) in [5.41, 5.74) is 0.474. The first kappa shape index (κ1) is 22.8. The standard InChI is InChI=1S/C23H19ClN2O6/c1-25(2)23(28)14-31-18-5-3-4-15(12-18)21(27)10-7-17-8-11-22(32-17)19-9-6-16(24)13-20(19)26(29)30/h3-13H,14H2,1-2H3/b10-7+. The Kier molecular flexibility index (Phi) is 7.07. The van der Waals surface area contributed by atoms with Crippen molar-refractivity contribution in [1.29, 1.82) is 0 Å². The molecule has 1 amide bonds. The molecule has 0 saturated heterocycles. The fraction of sp³-hybridized carbons (Fsp3) is 0.130. The van der Waals surface area contributed by atoms with Crippen molar-refractivity contribution in [3.05, 3.63) is 87.1 Å². The number of furan rings is 1. The lowest BCUT2D eigenvalue weighted by atomic mass is 10.1. The summed E-state index contributed by atoms with van der Waals surface area (Å²) < 4.78 is 11.1. The number of hydrogen-bond donors (Lipinski definition) is 0. The molecular weight excluding hydrogens is 436 g/mol. The van der Waals surface area contributed by atoms with Gasteiger partial charge in [-0.25, -0.2) is 0 Å². The van der Waals surface area contributed by atoms with Crippen LogP contribution in [-0.2, 0) is 4.79 Å². The summed E-state index contributed by atoms with van der Waals surface area (Å²) >= 11 is 5.85. The van der Waals surface area contributed by atoms with E-state index in [1.54, 1.807) is 50.5 Å². The minimum absolute atomic E-state index is 0.132. The monoisotopic (exact) mass is 454 g/mol. The van der Waals surface area contributed by atoms with E-state index in [2.05, 4.69) is 0 Å². The first-order valence-corrected chi connectivity index (χ1v) is 9.82. The Morgan fingerprint density at radius 1 is 1.16 bits per heavy atom. The number of halogens is 1. The lowest BCUT2D eigenvalue weighted by Crippen LogP contribution is -2.27. The molecule has 0 aliphatic carbocycles. The zero-order chi connectivity index (χ0) is 23.3. The summed E-state index contributed by atoms with van der Waals surface area (Å²) in [4.78, 5) is 36.3. The van der Waals surface area contributed by atoms with E-state index in [1.807, 2.05) is 0 Å². The van der Waals surface area contributed by atoms with Gasteiger partial charge in [0.05, 0.1) is 10.5 Å². The summed E-state index contributed by atoms with van der Waals surface area (Å²) in [5, 5.41) is 11.5. The molecular formula is C23H19ClN2O6. The van der Waals surface area contributed by atoms with Crippen LogP contribution in [0.3, 0.4) is 0 Å². The van der Waals surface area contributed by atoms with Crippen LogP contribution in [0, 0.1) is 10.1 Å². The minimum atomic E-state index is -0.538. The molecule has 0 atom stereocenters. The van der Waals surface area contributed by atoms with Gasteiger partial charge < -0.3 is 14.1 Å². The smallest absolute Gasteiger partial charge is 0.281 e. The van der Waals surface area contributed by atoms with E-state index >= 15 is 0 Å². The number of ketones is 1. The van der Waals surface area contributed by atoms with E-state index in [4.69, 9.17) is 20.8 Å². The first-order chi connectivity index (χ1) is 15.2. The van der Waals surface area contributed by atoms with Gasteiger partial charge in [0, 0.05) is 30.7 Å². The highest BCUT2D eigenvalue weighted by molar-refractivity contribution is 6.30. The minimum Gasteiger partial charge on any atom is -0.484 e. The zero-order valence-electron chi connectivity index (χ0n) is 17.3. The first-order valence-electron chi connectivity index (χ1n) is 9.44. The van der Waals surface area contributed by atoms with Crippen LogP contribution in [0.5, 0.6) is 5.75 Å². The van der Waals surface area contributed by atoms with Crippen LogP contribution in [0.1, 0.15) is 16.1 Å². The quantitative estimate of drug-likeness (QED) is 0.208. The molecule has 0 aliphatic rings. The molecule has 0 spiro atoms. The number of likely N-dealkylation sites (N-methyl/N-ethyl adjacent to an activating group) is 1. The van der Waals surface area contributed by atoms with Gasteiger partial charge in [-0.2, -0.15) is 0 Å². The number of ether oxygens (including phenoxy) is 1. The van der Waals surface area contributed by atoms with Crippen LogP contribution in [0.4, 0.5) is 5.69 Å². The molecule has 164 valence electrons. The number of amides is 1.